The second-order valence-corrected chi connectivity index (χ2v) is 7.80. The largest absolute Gasteiger partial charge is 0.342 e. The van der Waals surface area contributed by atoms with Crippen molar-refractivity contribution in [1.82, 2.24) is 30.0 Å². The van der Waals surface area contributed by atoms with Crippen molar-refractivity contribution in [1.29, 1.82) is 0 Å². The molecule has 1 atom stereocenters. The first-order chi connectivity index (χ1) is 13.7. The average molecular weight is 382 g/mol. The number of hydrogen-bond acceptors (Lipinski definition) is 5. The molecule has 1 spiro atoms. The maximum atomic E-state index is 13.2. The normalized spacial score (nSPS) is 22.2. The lowest BCUT2D eigenvalue weighted by Gasteiger charge is -2.39. The predicted octanol–water partition coefficient (Wildman–Crippen LogP) is 1.15. The Morgan fingerprint density at radius 2 is 1.96 bits per heavy atom. The number of nitrogens with zero attached hydrogens (tertiary/aromatic N) is 6. The molecule has 28 heavy (non-hydrogen) atoms. The highest BCUT2D eigenvalue weighted by molar-refractivity contribution is 5.86. The van der Waals surface area contributed by atoms with Crippen molar-refractivity contribution < 1.29 is 9.59 Å². The second kappa shape index (κ2) is 8.08. The first kappa shape index (κ1) is 18.6. The second-order valence-electron chi connectivity index (χ2n) is 7.80. The lowest BCUT2D eigenvalue weighted by atomic mass is 9.78. The molecular weight excluding hydrogens is 356 g/mol. The van der Waals surface area contributed by atoms with Gasteiger partial charge in [-0.3, -0.25) is 9.59 Å². The van der Waals surface area contributed by atoms with Crippen LogP contribution >= 0.6 is 0 Å². The minimum Gasteiger partial charge on any atom is -0.342 e. The standard InChI is InChI=1S/C20H26N6O2/c27-18(8-13-26-16-21-22-23-26)25-14-10-20(15-25)9-4-11-24(19(20)28)12-7-17-5-2-1-3-6-17/h1-3,5-6,16H,4,7-15H2. The Labute approximate surface area is 164 Å². The molecule has 1 aromatic carbocycles. The summed E-state index contributed by atoms with van der Waals surface area (Å²) in [5.74, 6) is 0.298. The summed E-state index contributed by atoms with van der Waals surface area (Å²) in [7, 11) is 0. The van der Waals surface area contributed by atoms with Gasteiger partial charge >= 0.3 is 0 Å². The number of hydrogen-bond donors (Lipinski definition) is 0. The summed E-state index contributed by atoms with van der Waals surface area (Å²) in [6.07, 6.45) is 5.39. The molecule has 148 valence electrons. The molecule has 2 fully saturated rings. The van der Waals surface area contributed by atoms with Crippen molar-refractivity contribution in [2.45, 2.75) is 38.6 Å². The Balaban J connectivity index is 1.33. The van der Waals surface area contributed by atoms with Crippen LogP contribution in [0.3, 0.4) is 0 Å². The van der Waals surface area contributed by atoms with E-state index in [1.165, 1.54) is 11.9 Å². The highest BCUT2D eigenvalue weighted by Gasteiger charge is 2.49. The summed E-state index contributed by atoms with van der Waals surface area (Å²) in [4.78, 5) is 29.7. The summed E-state index contributed by atoms with van der Waals surface area (Å²) in [5.41, 5.74) is 0.861. The molecule has 2 aromatic rings. The van der Waals surface area contributed by atoms with Crippen LogP contribution in [0, 0.1) is 5.41 Å². The monoisotopic (exact) mass is 382 g/mol. The van der Waals surface area contributed by atoms with E-state index in [1.54, 1.807) is 4.68 Å². The van der Waals surface area contributed by atoms with Crippen LogP contribution in [0.25, 0.3) is 0 Å². The van der Waals surface area contributed by atoms with Gasteiger partial charge in [0.25, 0.3) is 0 Å². The van der Waals surface area contributed by atoms with Crippen molar-refractivity contribution in [3.8, 4) is 0 Å². The van der Waals surface area contributed by atoms with E-state index < -0.39 is 0 Å². The Morgan fingerprint density at radius 3 is 2.75 bits per heavy atom. The molecule has 1 aromatic heterocycles. The number of aromatic nitrogens is 4. The third-order valence-corrected chi connectivity index (χ3v) is 5.99. The zero-order valence-corrected chi connectivity index (χ0v) is 16.0. The fourth-order valence-electron chi connectivity index (χ4n) is 4.39. The van der Waals surface area contributed by atoms with Gasteiger partial charge in [0.1, 0.15) is 6.33 Å². The topological polar surface area (TPSA) is 84.2 Å². The van der Waals surface area contributed by atoms with Crippen LogP contribution in [0.15, 0.2) is 36.7 Å². The zero-order chi connectivity index (χ0) is 19.4. The number of aryl methyl sites for hydroxylation is 1. The third-order valence-electron chi connectivity index (χ3n) is 5.99. The van der Waals surface area contributed by atoms with Gasteiger partial charge < -0.3 is 9.80 Å². The first-order valence-electron chi connectivity index (χ1n) is 9.98. The quantitative estimate of drug-likeness (QED) is 0.748. The molecule has 0 bridgehead atoms. The minimum absolute atomic E-state index is 0.0709. The summed E-state index contributed by atoms with van der Waals surface area (Å²) >= 11 is 0. The molecule has 1 unspecified atom stereocenters. The van der Waals surface area contributed by atoms with Crippen molar-refractivity contribution in [3.63, 3.8) is 0 Å². The fraction of sp³-hybridized carbons (Fsp3) is 0.550. The molecule has 4 rings (SSSR count). The minimum atomic E-state index is -0.389. The Kier molecular flexibility index (Phi) is 5.36. The van der Waals surface area contributed by atoms with Crippen LogP contribution in [0.1, 0.15) is 31.2 Å². The number of piperidine rings is 1. The van der Waals surface area contributed by atoms with E-state index in [4.69, 9.17) is 0 Å². The summed E-state index contributed by atoms with van der Waals surface area (Å²) in [5, 5.41) is 11.0. The molecule has 0 aliphatic carbocycles. The van der Waals surface area contributed by atoms with Gasteiger partial charge in [-0.15, -0.1) is 5.10 Å². The van der Waals surface area contributed by atoms with Gasteiger partial charge in [-0.05, 0) is 41.7 Å². The van der Waals surface area contributed by atoms with E-state index >= 15 is 0 Å². The molecule has 8 nitrogen and oxygen atoms in total. The molecule has 2 aliphatic rings. The molecule has 2 aliphatic heterocycles. The lowest BCUT2D eigenvalue weighted by Crippen LogP contribution is -2.50. The highest BCUT2D eigenvalue weighted by atomic mass is 16.2. The van der Waals surface area contributed by atoms with E-state index in [0.717, 1.165) is 38.8 Å². The van der Waals surface area contributed by atoms with Crippen molar-refractivity contribution in [3.05, 3.63) is 42.2 Å². The van der Waals surface area contributed by atoms with Gasteiger partial charge in [-0.2, -0.15) is 0 Å². The molecule has 3 heterocycles. The average Bonchev–Trinajstić information content (AvgIpc) is 3.39. The summed E-state index contributed by atoms with van der Waals surface area (Å²) in [6.45, 7) is 3.24. The first-order valence-corrected chi connectivity index (χ1v) is 9.98. The number of rotatable bonds is 6. The third kappa shape index (κ3) is 3.90. The van der Waals surface area contributed by atoms with Crippen LogP contribution in [0.5, 0.6) is 0 Å². The maximum absolute atomic E-state index is 13.2. The Bertz CT molecular complexity index is 809. The van der Waals surface area contributed by atoms with E-state index in [0.29, 0.717) is 26.1 Å². The highest BCUT2D eigenvalue weighted by Crippen LogP contribution is 2.40. The Hall–Kier alpha value is -2.77. The van der Waals surface area contributed by atoms with Gasteiger partial charge in [0.2, 0.25) is 11.8 Å². The van der Waals surface area contributed by atoms with Crippen LogP contribution < -0.4 is 0 Å². The smallest absolute Gasteiger partial charge is 0.230 e. The molecule has 0 saturated carbocycles. The molecule has 0 N–H and O–H groups in total. The maximum Gasteiger partial charge on any atom is 0.230 e. The van der Waals surface area contributed by atoms with E-state index in [9.17, 15) is 9.59 Å². The van der Waals surface area contributed by atoms with Crippen LogP contribution in [-0.2, 0) is 22.6 Å². The fourth-order valence-corrected chi connectivity index (χ4v) is 4.39. The van der Waals surface area contributed by atoms with Gasteiger partial charge in [-0.1, -0.05) is 30.3 Å². The van der Waals surface area contributed by atoms with Crippen molar-refractivity contribution in [2.75, 3.05) is 26.2 Å². The van der Waals surface area contributed by atoms with Gasteiger partial charge in [0.15, 0.2) is 0 Å². The van der Waals surface area contributed by atoms with Crippen molar-refractivity contribution >= 4 is 11.8 Å². The number of tetrazole rings is 1. The number of amides is 2. The molecule has 0 radical (unpaired) electrons. The van der Waals surface area contributed by atoms with Gasteiger partial charge in [-0.25, -0.2) is 4.68 Å². The predicted molar refractivity (Wildman–Crippen MR) is 102 cm³/mol. The SMILES string of the molecule is O=C(CCn1cnnn1)N1CCC2(CCCN(CCc3ccccc3)C2=O)C1. The van der Waals surface area contributed by atoms with Gasteiger partial charge in [0.05, 0.1) is 12.0 Å². The molecule has 2 amide bonds. The molecule has 8 heteroatoms. The lowest BCUT2D eigenvalue weighted by molar-refractivity contribution is -0.146. The van der Waals surface area contributed by atoms with Gasteiger partial charge in [0, 0.05) is 32.6 Å². The molecule has 2 saturated heterocycles. The Morgan fingerprint density at radius 1 is 1.11 bits per heavy atom. The van der Waals surface area contributed by atoms with E-state index in [2.05, 4.69) is 27.7 Å². The summed E-state index contributed by atoms with van der Waals surface area (Å²) in [6, 6.07) is 10.3. The van der Waals surface area contributed by atoms with Crippen LogP contribution in [-0.4, -0.2) is 68.0 Å². The van der Waals surface area contributed by atoms with Crippen LogP contribution in [0.4, 0.5) is 0 Å². The number of likely N-dealkylation sites (tertiary alicyclic amines) is 2. The summed E-state index contributed by atoms with van der Waals surface area (Å²) < 4.78 is 1.56. The number of carbonyl (C=O) groups is 2. The van der Waals surface area contributed by atoms with Crippen LogP contribution in [0.2, 0.25) is 0 Å². The van der Waals surface area contributed by atoms with E-state index in [-0.39, 0.29) is 17.2 Å². The van der Waals surface area contributed by atoms with E-state index in [1.807, 2.05) is 28.0 Å². The van der Waals surface area contributed by atoms with Crippen molar-refractivity contribution in [2.24, 2.45) is 5.41 Å². The zero-order valence-electron chi connectivity index (χ0n) is 16.0. The number of benzene rings is 1. The number of carbonyl (C=O) groups excluding carboxylic acids is 2. The molecular formula is C20H26N6O2.